The average molecular weight is 715 g/mol. The summed E-state index contributed by atoms with van der Waals surface area (Å²) in [4.78, 5) is 85.0. The van der Waals surface area contributed by atoms with E-state index in [0.717, 1.165) is 26.8 Å². The van der Waals surface area contributed by atoms with Gasteiger partial charge in [-0.25, -0.2) is 9.59 Å². The van der Waals surface area contributed by atoms with Crippen molar-refractivity contribution in [3.8, 4) is 5.75 Å². The molecule has 0 aromatic heterocycles. The van der Waals surface area contributed by atoms with Crippen molar-refractivity contribution in [2.24, 2.45) is 0 Å². The van der Waals surface area contributed by atoms with Crippen LogP contribution in [-0.4, -0.2) is 122 Å². The van der Waals surface area contributed by atoms with Crippen LogP contribution < -0.4 is 10.1 Å². The predicted molar refractivity (Wildman–Crippen MR) is 172 cm³/mol. The molecule has 3 atom stereocenters. The summed E-state index contributed by atoms with van der Waals surface area (Å²) in [5.74, 6) is -3.05. The molecule has 0 saturated heterocycles. The highest BCUT2D eigenvalue weighted by Crippen LogP contribution is 2.30. The fourth-order valence-electron chi connectivity index (χ4n) is 3.72. The molecule has 1 rings (SSSR count). The van der Waals surface area contributed by atoms with Gasteiger partial charge in [-0.2, -0.15) is 0 Å². The number of carbonyl (C=O) groups is 6. The summed E-state index contributed by atoms with van der Waals surface area (Å²) in [6.45, 7) is 8.19. The standard InChI is InChI=1S/C31H46N4O15/c1-19(36)32-15-28(49-27(18-45-21(3)38)26(47-22(4)39)17-44-20(2)37)48-25-11-10-23(14-24(25)35(42)43)16-46-29(40)33(8)12-13-34(9)30(41)50-31(5,6)7/h10-11,14,26-28H,12-13,15-18H2,1-9H3,(H,32,36)/t26-,27?,28+/m0/s1. The van der Waals surface area contributed by atoms with Crippen molar-refractivity contribution >= 4 is 41.7 Å². The summed E-state index contributed by atoms with van der Waals surface area (Å²) in [5.41, 5.74) is -1.03. The summed E-state index contributed by atoms with van der Waals surface area (Å²) in [7, 11) is 2.97. The van der Waals surface area contributed by atoms with Crippen LogP contribution >= 0.6 is 0 Å². The Balaban J connectivity index is 3.15. The van der Waals surface area contributed by atoms with Gasteiger partial charge in [0, 0.05) is 60.9 Å². The van der Waals surface area contributed by atoms with Crippen molar-refractivity contribution in [3.05, 3.63) is 33.9 Å². The molecule has 1 N–H and O–H groups in total. The normalized spacial score (nSPS) is 12.7. The van der Waals surface area contributed by atoms with Crippen LogP contribution in [0.1, 0.15) is 54.0 Å². The molecule has 0 aliphatic rings. The molecule has 0 bridgehead atoms. The summed E-state index contributed by atoms with van der Waals surface area (Å²) < 4.78 is 37.4. The number of hydrogen-bond donors (Lipinski definition) is 1. The van der Waals surface area contributed by atoms with Gasteiger partial charge in [0.1, 0.15) is 31.5 Å². The zero-order chi connectivity index (χ0) is 38.2. The van der Waals surface area contributed by atoms with Crippen LogP contribution in [0, 0.1) is 10.1 Å². The lowest BCUT2D eigenvalue weighted by Gasteiger charge is -2.30. The maximum Gasteiger partial charge on any atom is 0.410 e. The first kappa shape index (κ1) is 42.8. The lowest BCUT2D eigenvalue weighted by Crippen LogP contribution is -2.46. The number of rotatable bonds is 18. The number of carbonyl (C=O) groups excluding carboxylic acids is 6. The molecule has 0 aliphatic carbocycles. The molecule has 0 saturated carbocycles. The van der Waals surface area contributed by atoms with Crippen LogP contribution in [0.4, 0.5) is 15.3 Å². The maximum absolute atomic E-state index is 12.6. The van der Waals surface area contributed by atoms with E-state index in [2.05, 4.69) is 5.32 Å². The monoisotopic (exact) mass is 714 g/mol. The summed E-state index contributed by atoms with van der Waals surface area (Å²) >= 11 is 0. The van der Waals surface area contributed by atoms with Gasteiger partial charge in [-0.05, 0) is 32.4 Å². The highest BCUT2D eigenvalue weighted by molar-refractivity contribution is 5.72. The SMILES string of the molecule is CC(=O)NC[C@H](Oc1ccc(COC(=O)N(C)CCN(C)C(=O)OC(C)(C)C)cc1[N+](=O)[O-])OC(COC(C)=O)[C@H](COC(C)=O)OC(C)=O. The van der Waals surface area contributed by atoms with E-state index in [1.807, 2.05) is 0 Å². The largest absolute Gasteiger partial charge is 0.463 e. The summed E-state index contributed by atoms with van der Waals surface area (Å²) in [6, 6.07) is 3.71. The number of esters is 3. The van der Waals surface area contributed by atoms with Crippen molar-refractivity contribution in [2.75, 3.05) is 46.9 Å². The first-order valence-corrected chi connectivity index (χ1v) is 15.3. The molecule has 0 fully saturated rings. The van der Waals surface area contributed by atoms with Gasteiger partial charge in [-0.1, -0.05) is 6.07 Å². The number of ether oxygens (including phenoxy) is 7. The van der Waals surface area contributed by atoms with E-state index >= 15 is 0 Å². The molecule has 19 nitrogen and oxygen atoms in total. The van der Waals surface area contributed by atoms with Crippen molar-refractivity contribution in [1.29, 1.82) is 0 Å². The van der Waals surface area contributed by atoms with Crippen LogP contribution in [0.2, 0.25) is 0 Å². The van der Waals surface area contributed by atoms with E-state index in [9.17, 15) is 38.9 Å². The molecule has 1 aromatic rings. The molecule has 0 radical (unpaired) electrons. The summed E-state index contributed by atoms with van der Waals surface area (Å²) in [5, 5.41) is 14.5. The number of amides is 3. The molecule has 0 spiro atoms. The zero-order valence-electron chi connectivity index (χ0n) is 29.7. The van der Waals surface area contributed by atoms with E-state index in [4.69, 9.17) is 33.2 Å². The molecule has 1 unspecified atom stereocenters. The fraction of sp³-hybridized carbons (Fsp3) is 0.613. The Morgan fingerprint density at radius 1 is 0.840 bits per heavy atom. The zero-order valence-corrected chi connectivity index (χ0v) is 29.7. The molecular formula is C31H46N4O15. The van der Waals surface area contributed by atoms with Crippen LogP contribution in [0.5, 0.6) is 5.75 Å². The molecule has 3 amide bonds. The van der Waals surface area contributed by atoms with Crippen LogP contribution in [0.25, 0.3) is 0 Å². The fourth-order valence-corrected chi connectivity index (χ4v) is 3.72. The molecule has 280 valence electrons. The van der Waals surface area contributed by atoms with Gasteiger partial charge < -0.3 is 48.3 Å². The molecule has 0 aliphatic heterocycles. The Morgan fingerprint density at radius 2 is 1.40 bits per heavy atom. The quantitative estimate of drug-likeness (QED) is 0.0756. The Labute approximate surface area is 289 Å². The third-order valence-corrected chi connectivity index (χ3v) is 6.11. The van der Waals surface area contributed by atoms with Gasteiger partial charge in [0.25, 0.3) is 0 Å². The van der Waals surface area contributed by atoms with E-state index < -0.39 is 83.9 Å². The second kappa shape index (κ2) is 20.3. The molecule has 19 heteroatoms. The number of hydrogen-bond acceptors (Lipinski definition) is 15. The number of benzene rings is 1. The summed E-state index contributed by atoms with van der Waals surface area (Å²) in [6.07, 6.45) is -5.47. The van der Waals surface area contributed by atoms with E-state index in [1.165, 1.54) is 43.0 Å². The molecule has 50 heavy (non-hydrogen) atoms. The third-order valence-electron chi connectivity index (χ3n) is 6.11. The molecule has 1 aromatic carbocycles. The Hall–Kier alpha value is -5.20. The van der Waals surface area contributed by atoms with Gasteiger partial charge in [0.2, 0.25) is 12.2 Å². The van der Waals surface area contributed by atoms with Gasteiger partial charge in [-0.15, -0.1) is 0 Å². The Morgan fingerprint density at radius 3 is 1.90 bits per heavy atom. The minimum absolute atomic E-state index is 0.106. The molecule has 0 heterocycles. The highest BCUT2D eigenvalue weighted by Gasteiger charge is 2.32. The Bertz CT molecular complexity index is 1360. The van der Waals surface area contributed by atoms with E-state index in [-0.39, 0.29) is 37.6 Å². The van der Waals surface area contributed by atoms with Crippen molar-refractivity contribution < 1.29 is 66.8 Å². The average Bonchev–Trinajstić information content (AvgIpc) is 3.00. The number of nitrogens with zero attached hydrogens (tertiary/aromatic N) is 3. The number of nitro groups is 1. The highest BCUT2D eigenvalue weighted by atomic mass is 16.7. The second-order valence-electron chi connectivity index (χ2n) is 11.8. The van der Waals surface area contributed by atoms with E-state index in [0.29, 0.717) is 0 Å². The van der Waals surface area contributed by atoms with Gasteiger partial charge >= 0.3 is 35.8 Å². The maximum atomic E-state index is 12.6. The molecular weight excluding hydrogens is 668 g/mol. The van der Waals surface area contributed by atoms with Crippen LogP contribution in [0.15, 0.2) is 18.2 Å². The number of nitrogens with one attached hydrogen (secondary N) is 1. The van der Waals surface area contributed by atoms with Crippen molar-refractivity contribution in [2.45, 2.75) is 79.2 Å². The topological polar surface area (TPSA) is 229 Å². The van der Waals surface area contributed by atoms with Crippen molar-refractivity contribution in [1.82, 2.24) is 15.1 Å². The van der Waals surface area contributed by atoms with Gasteiger partial charge in [0.15, 0.2) is 11.9 Å². The number of nitro benzene ring substituents is 1. The van der Waals surface area contributed by atoms with Gasteiger partial charge in [-0.3, -0.25) is 29.3 Å². The van der Waals surface area contributed by atoms with E-state index in [1.54, 1.807) is 20.8 Å². The van der Waals surface area contributed by atoms with Gasteiger partial charge in [0.05, 0.1) is 11.5 Å². The Kier molecular flexibility index (Phi) is 17.4. The third kappa shape index (κ3) is 17.3. The lowest BCUT2D eigenvalue weighted by molar-refractivity contribution is -0.386. The minimum atomic E-state index is -1.50. The van der Waals surface area contributed by atoms with Crippen molar-refractivity contribution in [3.63, 3.8) is 0 Å². The lowest BCUT2D eigenvalue weighted by atomic mass is 10.2. The predicted octanol–water partition coefficient (Wildman–Crippen LogP) is 2.31. The number of likely N-dealkylation sites (N-methyl/N-ethyl adjacent to an activating group) is 2. The van der Waals surface area contributed by atoms with Crippen LogP contribution in [-0.2, 0) is 54.2 Å². The minimum Gasteiger partial charge on any atom is -0.463 e. The first-order valence-electron chi connectivity index (χ1n) is 15.3. The van der Waals surface area contributed by atoms with Crippen LogP contribution in [0.3, 0.4) is 0 Å². The first-order chi connectivity index (χ1) is 23.2. The second-order valence-corrected chi connectivity index (χ2v) is 11.8. The smallest absolute Gasteiger partial charge is 0.410 e.